The molecule has 3 rings (SSSR count). The maximum atomic E-state index is 13.9. The number of nitrogens with zero attached hydrogens (tertiary/aromatic N) is 4. The highest BCUT2D eigenvalue weighted by atomic mass is 32.2. The highest BCUT2D eigenvalue weighted by molar-refractivity contribution is 7.93. The van der Waals surface area contributed by atoms with Gasteiger partial charge in [0.05, 0.1) is 33.3 Å². The van der Waals surface area contributed by atoms with E-state index in [1.54, 1.807) is 32.2 Å². The number of fused-ring (bicyclic) bond motifs is 1. The fourth-order valence-electron chi connectivity index (χ4n) is 6.23. The standard InChI is InChI=1S/C37H54N10O7S/c1-22(2)34(35(40)50)44-36(51)23(3)46(53)20-26(16-25-19-41-29-11-9-8-10-28(25)29)42-37(52)30(13-15-32(39)48)43-33(49)21-45(4)55(54)27-12-14-31(47(5,6)7)24(17-27)18-38/h8-12,14,17,19,22-24,26,30-31,34,41,54H,13,15-16,20-21H2,1-7H3,(H6-,39,40,42,43,44,48,49,50,51,52)/p+1/t23-,24?,26?,30-,31?,34?,55?/m0/s1. The van der Waals surface area contributed by atoms with E-state index in [9.17, 15) is 39.0 Å². The lowest BCUT2D eigenvalue weighted by atomic mass is 9.94. The van der Waals surface area contributed by atoms with Gasteiger partial charge in [0.15, 0.2) is 0 Å². The second-order valence-corrected chi connectivity index (χ2v) is 16.7. The van der Waals surface area contributed by atoms with Crippen molar-refractivity contribution in [2.45, 2.75) is 70.2 Å². The van der Waals surface area contributed by atoms with Gasteiger partial charge in [0.25, 0.3) is 11.4 Å². The van der Waals surface area contributed by atoms with E-state index < -0.39 is 71.0 Å². The van der Waals surface area contributed by atoms with Crippen molar-refractivity contribution in [1.82, 2.24) is 30.3 Å². The Morgan fingerprint density at radius 2 is 1.75 bits per heavy atom. The molecule has 0 fully saturated rings. The smallest absolute Gasteiger partial charge is 0.277 e. The van der Waals surface area contributed by atoms with Crippen molar-refractivity contribution >= 4 is 51.8 Å². The third-order valence-electron chi connectivity index (χ3n) is 9.39. The van der Waals surface area contributed by atoms with Crippen LogP contribution in [0.4, 0.5) is 0 Å². The van der Waals surface area contributed by atoms with E-state index in [-0.39, 0.29) is 44.3 Å². The molecule has 5 unspecified atom stereocenters. The quantitative estimate of drug-likeness (QED) is 0.0551. The first-order valence-electron chi connectivity index (χ1n) is 17.9. The number of hydrogen-bond acceptors (Lipinski definition) is 10. The van der Waals surface area contributed by atoms with Crippen molar-refractivity contribution in [2.75, 3.05) is 41.3 Å². The van der Waals surface area contributed by atoms with E-state index in [4.69, 9.17) is 11.5 Å². The average molecular weight is 784 g/mol. The molecule has 9 N–H and O–H groups in total. The maximum absolute atomic E-state index is 13.9. The molecule has 18 heteroatoms. The second-order valence-electron chi connectivity index (χ2n) is 15.0. The molecule has 7 atom stereocenters. The van der Waals surface area contributed by atoms with Crippen LogP contribution in [0.1, 0.15) is 39.2 Å². The molecule has 17 nitrogen and oxygen atoms in total. The number of nitriles is 1. The van der Waals surface area contributed by atoms with Gasteiger partial charge in [0.2, 0.25) is 34.4 Å². The largest absolute Gasteiger partial charge is 0.785 e. The lowest BCUT2D eigenvalue weighted by molar-refractivity contribution is -0.891. The summed E-state index contributed by atoms with van der Waals surface area (Å²) < 4.78 is 13.0. The van der Waals surface area contributed by atoms with Crippen molar-refractivity contribution in [3.63, 3.8) is 0 Å². The van der Waals surface area contributed by atoms with Crippen molar-refractivity contribution in [1.29, 1.82) is 5.26 Å². The number of nitrogens with one attached hydrogen (secondary N) is 4. The summed E-state index contributed by atoms with van der Waals surface area (Å²) in [4.78, 5) is 67.5. The van der Waals surface area contributed by atoms with Gasteiger partial charge >= 0.3 is 0 Å². The van der Waals surface area contributed by atoms with E-state index in [1.165, 1.54) is 18.3 Å². The first-order valence-corrected chi connectivity index (χ1v) is 19.1. The SMILES string of the molecule is CC(C)C(NC(=O)[C@H](C)N([O-])CC(Cc1c[nH]c2ccccc12)NC(=O)[C@H](CCC(N)=O)NC(=O)CN(C)[S+](O)C1=CC(C#N)C([N+](C)(C)C)C=C1)C(N)=O. The monoisotopic (exact) mass is 783 g/mol. The molecule has 1 aromatic carbocycles. The summed E-state index contributed by atoms with van der Waals surface area (Å²) >= 11 is -1.57. The zero-order valence-electron chi connectivity index (χ0n) is 32.4. The fraction of sp³-hybridized carbons (Fsp3) is 0.514. The molecule has 0 bridgehead atoms. The van der Waals surface area contributed by atoms with Crippen molar-refractivity contribution in [3.05, 3.63) is 64.4 Å². The van der Waals surface area contributed by atoms with Crippen LogP contribution in [0.2, 0.25) is 0 Å². The van der Waals surface area contributed by atoms with Crippen LogP contribution < -0.4 is 27.4 Å². The molecular weight excluding hydrogens is 729 g/mol. The number of carbonyl (C=O) groups is 5. The number of H-pyrrole nitrogens is 1. The minimum Gasteiger partial charge on any atom is -0.785 e. The number of allylic oxidation sites excluding steroid dienone is 1. The summed E-state index contributed by atoms with van der Waals surface area (Å²) in [6.07, 6.45) is 6.79. The van der Waals surface area contributed by atoms with Crippen LogP contribution in [-0.4, -0.2) is 124 Å². The van der Waals surface area contributed by atoms with Crippen LogP contribution in [0, 0.1) is 28.4 Å². The van der Waals surface area contributed by atoms with Gasteiger partial charge in [-0.05, 0) is 49.5 Å². The van der Waals surface area contributed by atoms with E-state index in [0.717, 1.165) is 16.5 Å². The predicted octanol–water partition coefficient (Wildman–Crippen LogP) is 0.366. The van der Waals surface area contributed by atoms with E-state index in [1.807, 2.05) is 51.5 Å². The summed E-state index contributed by atoms with van der Waals surface area (Å²) in [7, 11) is 7.42. The third kappa shape index (κ3) is 12.6. The van der Waals surface area contributed by atoms with Gasteiger partial charge in [0, 0.05) is 49.2 Å². The number of quaternary nitrogens is 1. The molecule has 5 amide bonds. The highest BCUT2D eigenvalue weighted by Crippen LogP contribution is 2.27. The molecular formula is C37H55N10O7S+. The van der Waals surface area contributed by atoms with Gasteiger partial charge < -0.3 is 47.2 Å². The molecule has 0 radical (unpaired) electrons. The minimum atomic E-state index is -1.57. The first kappa shape index (κ1) is 44.6. The van der Waals surface area contributed by atoms with E-state index >= 15 is 0 Å². The lowest BCUT2D eigenvalue weighted by Crippen LogP contribution is -2.56. The molecule has 0 spiro atoms. The number of para-hydroxylation sites is 1. The summed E-state index contributed by atoms with van der Waals surface area (Å²) in [6, 6.07) is 5.17. The Balaban J connectivity index is 1.79. The van der Waals surface area contributed by atoms with Crippen molar-refractivity contribution in [3.8, 4) is 6.07 Å². The van der Waals surface area contributed by atoms with E-state index in [0.29, 0.717) is 14.5 Å². The van der Waals surface area contributed by atoms with Gasteiger partial charge in [-0.25, -0.2) is 0 Å². The number of likely N-dealkylation sites (N-methyl/N-ethyl adjacent to an activating group) is 2. The first-order chi connectivity index (χ1) is 25.7. The number of benzene rings is 1. The van der Waals surface area contributed by atoms with Crippen LogP contribution in [-0.2, 0) is 41.8 Å². The molecule has 0 aliphatic heterocycles. The van der Waals surface area contributed by atoms with Crippen LogP contribution in [0.15, 0.2) is 53.6 Å². The number of primary amides is 2. The highest BCUT2D eigenvalue weighted by Gasteiger charge is 2.39. The maximum Gasteiger partial charge on any atom is 0.277 e. The van der Waals surface area contributed by atoms with Crippen LogP contribution in [0.3, 0.4) is 0 Å². The Morgan fingerprint density at radius 3 is 2.35 bits per heavy atom. The molecule has 1 aliphatic carbocycles. The molecule has 0 saturated heterocycles. The van der Waals surface area contributed by atoms with Gasteiger partial charge in [-0.2, -0.15) is 9.81 Å². The Hall–Kier alpha value is -4.77. The molecule has 1 aromatic heterocycles. The Kier molecular flexibility index (Phi) is 16.0. The summed E-state index contributed by atoms with van der Waals surface area (Å²) in [5, 5.41) is 32.6. The number of hydrogen-bond donors (Lipinski definition) is 7. The van der Waals surface area contributed by atoms with Crippen molar-refractivity contribution < 1.29 is 33.0 Å². The molecule has 300 valence electrons. The van der Waals surface area contributed by atoms with Gasteiger partial charge in [0.1, 0.15) is 30.6 Å². The number of carbonyl (C=O) groups excluding carboxylic acids is 5. The molecule has 1 heterocycles. The number of rotatable bonds is 20. The Labute approximate surface area is 325 Å². The van der Waals surface area contributed by atoms with Gasteiger partial charge in [-0.15, -0.1) is 0 Å². The topological polar surface area (TPSA) is 263 Å². The number of hydroxylamine groups is 2. The lowest BCUT2D eigenvalue weighted by Gasteiger charge is -2.38. The number of aromatic nitrogens is 1. The number of nitrogens with two attached hydrogens (primary N) is 2. The molecule has 0 saturated carbocycles. The predicted molar refractivity (Wildman–Crippen MR) is 211 cm³/mol. The third-order valence-corrected chi connectivity index (χ3v) is 10.8. The van der Waals surface area contributed by atoms with Gasteiger partial charge in [-0.3, -0.25) is 24.0 Å². The van der Waals surface area contributed by atoms with E-state index in [2.05, 4.69) is 27.0 Å². The van der Waals surface area contributed by atoms with Crippen LogP contribution >= 0.6 is 0 Å². The Bertz CT molecular complexity index is 1800. The summed E-state index contributed by atoms with van der Waals surface area (Å²) in [6.45, 7) is 4.07. The van der Waals surface area contributed by atoms with Gasteiger partial charge in [-0.1, -0.05) is 36.4 Å². The molecule has 2 aromatic rings. The van der Waals surface area contributed by atoms with Crippen LogP contribution in [0.5, 0.6) is 0 Å². The fourth-order valence-corrected chi connectivity index (χ4v) is 7.30. The minimum absolute atomic E-state index is 0.128. The second kappa shape index (κ2) is 19.7. The number of amides is 5. The normalized spacial score (nSPS) is 18.6. The zero-order chi connectivity index (χ0) is 41.2. The zero-order valence-corrected chi connectivity index (χ0v) is 33.3. The average Bonchev–Trinajstić information content (AvgIpc) is 3.52. The summed E-state index contributed by atoms with van der Waals surface area (Å²) in [5.41, 5.74) is 12.4. The molecule has 1 aliphatic rings. The Morgan fingerprint density at radius 1 is 1.07 bits per heavy atom. The van der Waals surface area contributed by atoms with Crippen molar-refractivity contribution in [2.24, 2.45) is 23.3 Å². The van der Waals surface area contributed by atoms with Crippen LogP contribution in [0.25, 0.3) is 10.9 Å². The summed E-state index contributed by atoms with van der Waals surface area (Å²) in [5.74, 6) is -4.34. The molecule has 55 heavy (non-hydrogen) atoms. The number of aromatic amines is 1.